The molecule has 0 saturated carbocycles. The number of hydrogen-bond acceptors (Lipinski definition) is 2. The van der Waals surface area contributed by atoms with Gasteiger partial charge in [0.05, 0.1) is 0 Å². The van der Waals surface area contributed by atoms with Crippen LogP contribution in [-0.4, -0.2) is 45.8 Å². The van der Waals surface area contributed by atoms with Crippen LogP contribution in [0, 0.1) is 34.5 Å². The third-order valence-corrected chi connectivity index (χ3v) is 10.5. The molecule has 0 aromatic rings. The van der Waals surface area contributed by atoms with Gasteiger partial charge in [-0.15, -0.1) is 0 Å². The molecular formula is C29H54N2O2. The predicted octanol–water partition coefficient (Wildman–Crippen LogP) is 6.77. The second-order valence-corrected chi connectivity index (χ2v) is 12.7. The Labute approximate surface area is 205 Å². The Hall–Kier alpha value is -1.06. The molecule has 2 heterocycles. The fraction of sp³-hybridized carbons (Fsp3) is 0.931. The highest BCUT2D eigenvalue weighted by Gasteiger charge is 2.60. The molecule has 2 aliphatic heterocycles. The molecule has 0 spiro atoms. The summed E-state index contributed by atoms with van der Waals surface area (Å²) in [5.41, 5.74) is -0.138. The summed E-state index contributed by atoms with van der Waals surface area (Å²) in [6, 6.07) is 0.547. The number of nitrogens with zero attached hydrogens (tertiary/aromatic N) is 2. The van der Waals surface area contributed by atoms with Gasteiger partial charge in [0.25, 0.3) is 0 Å². The summed E-state index contributed by atoms with van der Waals surface area (Å²) in [5.74, 6) is 2.44. The number of rotatable bonds is 10. The average molecular weight is 463 g/mol. The Morgan fingerprint density at radius 3 is 1.76 bits per heavy atom. The number of carbonyl (C=O) groups is 2. The zero-order chi connectivity index (χ0) is 25.5. The van der Waals surface area contributed by atoms with Crippen molar-refractivity contribution >= 4 is 11.8 Å². The van der Waals surface area contributed by atoms with Gasteiger partial charge >= 0.3 is 0 Å². The molecule has 2 amide bonds. The van der Waals surface area contributed by atoms with E-state index in [1.54, 1.807) is 0 Å². The van der Waals surface area contributed by atoms with Gasteiger partial charge < -0.3 is 9.80 Å². The van der Waals surface area contributed by atoms with Crippen molar-refractivity contribution in [2.45, 2.75) is 133 Å². The fourth-order valence-electron chi connectivity index (χ4n) is 8.72. The van der Waals surface area contributed by atoms with Gasteiger partial charge in [-0.05, 0) is 70.6 Å². The van der Waals surface area contributed by atoms with Crippen LogP contribution < -0.4 is 0 Å². The van der Waals surface area contributed by atoms with Crippen LogP contribution in [0.4, 0.5) is 0 Å². The van der Waals surface area contributed by atoms with E-state index in [9.17, 15) is 9.59 Å². The van der Waals surface area contributed by atoms with Crippen LogP contribution in [0.25, 0.3) is 0 Å². The Morgan fingerprint density at radius 2 is 1.36 bits per heavy atom. The summed E-state index contributed by atoms with van der Waals surface area (Å²) >= 11 is 0. The van der Waals surface area contributed by atoms with Gasteiger partial charge in [0.2, 0.25) is 11.8 Å². The van der Waals surface area contributed by atoms with Crippen LogP contribution in [0.2, 0.25) is 0 Å². The Kier molecular flexibility index (Phi) is 8.45. The van der Waals surface area contributed by atoms with E-state index in [1.165, 1.54) is 0 Å². The molecule has 0 aromatic heterocycles. The lowest BCUT2D eigenvalue weighted by atomic mass is 9.57. The maximum Gasteiger partial charge on any atom is 0.223 e. The smallest absolute Gasteiger partial charge is 0.223 e. The van der Waals surface area contributed by atoms with Gasteiger partial charge in [0, 0.05) is 47.8 Å². The zero-order valence-electron chi connectivity index (χ0n) is 23.9. The number of likely N-dealkylation sites (tertiary alicyclic amines) is 2. The first-order chi connectivity index (χ1) is 15.2. The van der Waals surface area contributed by atoms with Crippen LogP contribution in [0.15, 0.2) is 0 Å². The molecule has 192 valence electrons. The SMILES string of the molecule is CCC1N(C(C)CCC(C)C2(C(C)C)CC(=O)N(CC)C2(C)C)C(=O)CC1(C(C)C)C(C)C. The Bertz CT molecular complexity index is 702. The maximum absolute atomic E-state index is 13.4. The third kappa shape index (κ3) is 4.16. The normalized spacial score (nSPS) is 29.1. The van der Waals surface area contributed by atoms with Gasteiger partial charge in [-0.25, -0.2) is 0 Å². The van der Waals surface area contributed by atoms with Crippen molar-refractivity contribution in [1.29, 1.82) is 0 Å². The molecule has 0 aliphatic carbocycles. The van der Waals surface area contributed by atoms with E-state index >= 15 is 0 Å². The average Bonchev–Trinajstić information content (AvgIpc) is 3.13. The van der Waals surface area contributed by atoms with Gasteiger partial charge in [0.1, 0.15) is 0 Å². The molecule has 2 saturated heterocycles. The molecule has 0 bridgehead atoms. The lowest BCUT2D eigenvalue weighted by molar-refractivity contribution is -0.132. The Balaban J connectivity index is 2.26. The highest BCUT2D eigenvalue weighted by Crippen LogP contribution is 2.57. The summed E-state index contributed by atoms with van der Waals surface area (Å²) in [4.78, 5) is 30.7. The standard InChI is InChI=1S/C29H54N2O2/c1-13-24-28(19(3)4,20(5)6)17-26(33)31(24)23(10)16-15-22(9)29(21(7)8)18-25(32)30(14-2)27(29,11)12/h19-24H,13-18H2,1-12H3. The van der Waals surface area contributed by atoms with Crippen molar-refractivity contribution in [2.75, 3.05) is 6.54 Å². The summed E-state index contributed by atoms with van der Waals surface area (Å²) in [6.07, 6.45) is 4.39. The van der Waals surface area contributed by atoms with E-state index in [-0.39, 0.29) is 22.4 Å². The monoisotopic (exact) mass is 462 g/mol. The second-order valence-electron chi connectivity index (χ2n) is 12.7. The highest BCUT2D eigenvalue weighted by molar-refractivity contribution is 5.81. The number of hydrogen-bond donors (Lipinski definition) is 0. The van der Waals surface area contributed by atoms with Crippen molar-refractivity contribution < 1.29 is 9.59 Å². The van der Waals surface area contributed by atoms with Crippen LogP contribution >= 0.6 is 0 Å². The molecule has 4 nitrogen and oxygen atoms in total. The largest absolute Gasteiger partial charge is 0.337 e. The van der Waals surface area contributed by atoms with Gasteiger partial charge in [-0.2, -0.15) is 0 Å². The molecule has 0 aromatic carbocycles. The summed E-state index contributed by atoms with van der Waals surface area (Å²) in [6.45, 7) is 28.1. The first kappa shape index (κ1) is 28.2. The zero-order valence-corrected chi connectivity index (χ0v) is 23.9. The number of amides is 2. The van der Waals surface area contributed by atoms with Crippen molar-refractivity contribution in [3.8, 4) is 0 Å². The fourth-order valence-corrected chi connectivity index (χ4v) is 8.72. The van der Waals surface area contributed by atoms with E-state index in [4.69, 9.17) is 0 Å². The van der Waals surface area contributed by atoms with Crippen molar-refractivity contribution in [3.05, 3.63) is 0 Å². The lowest BCUT2D eigenvalue weighted by Crippen LogP contribution is -2.55. The van der Waals surface area contributed by atoms with E-state index in [2.05, 4.69) is 92.9 Å². The van der Waals surface area contributed by atoms with Crippen LogP contribution in [0.5, 0.6) is 0 Å². The molecule has 0 N–H and O–H groups in total. The van der Waals surface area contributed by atoms with E-state index in [0.29, 0.717) is 54.4 Å². The predicted molar refractivity (Wildman–Crippen MR) is 139 cm³/mol. The third-order valence-electron chi connectivity index (χ3n) is 10.5. The van der Waals surface area contributed by atoms with E-state index < -0.39 is 0 Å². The second kappa shape index (κ2) is 9.90. The quantitative estimate of drug-likeness (QED) is 0.359. The topological polar surface area (TPSA) is 40.6 Å². The van der Waals surface area contributed by atoms with Crippen LogP contribution in [0.3, 0.4) is 0 Å². The first-order valence-corrected chi connectivity index (χ1v) is 13.8. The molecule has 4 unspecified atom stereocenters. The van der Waals surface area contributed by atoms with Gasteiger partial charge in [0.15, 0.2) is 0 Å². The minimum atomic E-state index is -0.157. The molecule has 4 heteroatoms. The molecule has 33 heavy (non-hydrogen) atoms. The molecule has 2 rings (SSSR count). The lowest BCUT2D eigenvalue weighted by Gasteiger charge is -2.51. The van der Waals surface area contributed by atoms with E-state index in [1.807, 2.05) is 0 Å². The molecule has 2 aliphatic rings. The number of carbonyl (C=O) groups excluding carboxylic acids is 2. The Morgan fingerprint density at radius 1 is 0.818 bits per heavy atom. The molecule has 0 radical (unpaired) electrons. The van der Waals surface area contributed by atoms with Gasteiger partial charge in [-0.1, -0.05) is 55.4 Å². The highest BCUT2D eigenvalue weighted by atomic mass is 16.2. The van der Waals surface area contributed by atoms with Crippen LogP contribution in [0.1, 0.15) is 115 Å². The molecule has 4 atom stereocenters. The van der Waals surface area contributed by atoms with Crippen molar-refractivity contribution in [2.24, 2.45) is 34.5 Å². The van der Waals surface area contributed by atoms with Gasteiger partial charge in [-0.3, -0.25) is 9.59 Å². The summed E-state index contributed by atoms with van der Waals surface area (Å²) in [5, 5.41) is 0. The minimum Gasteiger partial charge on any atom is -0.337 e. The van der Waals surface area contributed by atoms with E-state index in [0.717, 1.165) is 25.8 Å². The minimum absolute atomic E-state index is 0.0430. The maximum atomic E-state index is 13.4. The summed E-state index contributed by atoms with van der Waals surface area (Å²) in [7, 11) is 0. The first-order valence-electron chi connectivity index (χ1n) is 13.8. The van der Waals surface area contributed by atoms with Crippen LogP contribution in [-0.2, 0) is 9.59 Å². The summed E-state index contributed by atoms with van der Waals surface area (Å²) < 4.78 is 0. The van der Waals surface area contributed by atoms with Crippen molar-refractivity contribution in [3.63, 3.8) is 0 Å². The molecular weight excluding hydrogens is 408 g/mol. The van der Waals surface area contributed by atoms with Crippen molar-refractivity contribution in [1.82, 2.24) is 9.80 Å². The molecule has 2 fully saturated rings.